The quantitative estimate of drug-likeness (QED) is 0.766. The van der Waals surface area contributed by atoms with Gasteiger partial charge in [-0.3, -0.25) is 4.79 Å². The predicted octanol–water partition coefficient (Wildman–Crippen LogP) is 3.31. The summed E-state index contributed by atoms with van der Waals surface area (Å²) < 4.78 is 0. The first-order chi connectivity index (χ1) is 8.60. The Labute approximate surface area is 113 Å². The van der Waals surface area contributed by atoms with E-state index in [4.69, 9.17) is 11.6 Å². The van der Waals surface area contributed by atoms with E-state index in [0.717, 1.165) is 25.2 Å². The molecule has 1 heterocycles. The Morgan fingerprint density at radius 2 is 2.22 bits per heavy atom. The van der Waals surface area contributed by atoms with Crippen molar-refractivity contribution in [3.05, 3.63) is 28.5 Å². The first-order valence-corrected chi connectivity index (χ1v) is 6.91. The molecule has 0 aliphatic heterocycles. The summed E-state index contributed by atoms with van der Waals surface area (Å²) >= 11 is 5.91. The minimum atomic E-state index is 0.0798. The summed E-state index contributed by atoms with van der Waals surface area (Å²) in [5, 5.41) is 0.390. The van der Waals surface area contributed by atoms with Gasteiger partial charge in [0.2, 0.25) is 0 Å². The zero-order valence-corrected chi connectivity index (χ0v) is 11.7. The van der Waals surface area contributed by atoms with Crippen LogP contribution < -0.4 is 0 Å². The van der Waals surface area contributed by atoms with Crippen molar-refractivity contribution >= 4 is 17.5 Å². The van der Waals surface area contributed by atoms with Crippen LogP contribution >= 0.6 is 11.6 Å². The minimum Gasteiger partial charge on any atom is -0.338 e. The summed E-state index contributed by atoms with van der Waals surface area (Å²) in [7, 11) is 0. The number of carbonyl (C=O) groups excluding carboxylic acids is 1. The molecule has 0 spiro atoms. The molecule has 1 aromatic rings. The van der Waals surface area contributed by atoms with Gasteiger partial charge in [0.05, 0.1) is 0 Å². The van der Waals surface area contributed by atoms with Gasteiger partial charge in [-0.15, -0.1) is 0 Å². The Hall–Kier alpha value is -1.09. The second-order valence-corrected chi connectivity index (χ2v) is 5.40. The molecule has 18 heavy (non-hydrogen) atoms. The number of pyridine rings is 1. The summed E-state index contributed by atoms with van der Waals surface area (Å²) in [6.45, 7) is 5.64. The summed E-state index contributed by atoms with van der Waals surface area (Å²) in [6, 6.07) is 3.47. The molecule has 0 bridgehead atoms. The van der Waals surface area contributed by atoms with Crippen molar-refractivity contribution in [1.29, 1.82) is 0 Å². The van der Waals surface area contributed by atoms with Gasteiger partial charge in [0.1, 0.15) is 5.15 Å². The number of hydrogen-bond acceptors (Lipinski definition) is 2. The summed E-state index contributed by atoms with van der Waals surface area (Å²) in [6.07, 6.45) is 3.49. The van der Waals surface area contributed by atoms with Crippen LogP contribution in [0.15, 0.2) is 12.1 Å². The Kier molecular flexibility index (Phi) is 4.23. The average Bonchev–Trinajstić information content (AvgIpc) is 3.10. The lowest BCUT2D eigenvalue weighted by Crippen LogP contribution is -2.33. The van der Waals surface area contributed by atoms with Gasteiger partial charge in [-0.05, 0) is 44.2 Å². The number of amides is 1. The highest BCUT2D eigenvalue weighted by Gasteiger charge is 2.27. The third kappa shape index (κ3) is 3.45. The van der Waals surface area contributed by atoms with Crippen molar-refractivity contribution in [3.8, 4) is 0 Å². The van der Waals surface area contributed by atoms with Gasteiger partial charge in [-0.2, -0.15) is 0 Å². The smallest absolute Gasteiger partial charge is 0.254 e. The monoisotopic (exact) mass is 266 g/mol. The number of aryl methyl sites for hydroxylation is 1. The van der Waals surface area contributed by atoms with Crippen molar-refractivity contribution < 1.29 is 4.79 Å². The van der Waals surface area contributed by atoms with E-state index in [9.17, 15) is 4.79 Å². The van der Waals surface area contributed by atoms with Gasteiger partial charge < -0.3 is 4.90 Å². The van der Waals surface area contributed by atoms with E-state index in [1.165, 1.54) is 12.8 Å². The molecular weight excluding hydrogens is 248 g/mol. The summed E-state index contributed by atoms with van der Waals surface area (Å²) in [5.41, 5.74) is 1.44. The van der Waals surface area contributed by atoms with Gasteiger partial charge >= 0.3 is 0 Å². The molecule has 1 amide bonds. The third-order valence-electron chi connectivity index (χ3n) is 3.13. The molecule has 0 radical (unpaired) electrons. The van der Waals surface area contributed by atoms with Gasteiger partial charge in [-0.1, -0.05) is 18.5 Å². The molecule has 1 aliphatic rings. The first kappa shape index (κ1) is 13.3. The molecule has 0 saturated heterocycles. The van der Waals surface area contributed by atoms with Crippen LogP contribution in [-0.4, -0.2) is 28.9 Å². The molecule has 98 valence electrons. The van der Waals surface area contributed by atoms with Crippen LogP contribution in [0.5, 0.6) is 0 Å². The van der Waals surface area contributed by atoms with Crippen molar-refractivity contribution in [2.45, 2.75) is 33.1 Å². The molecular formula is C14H19ClN2O. The molecule has 0 aromatic carbocycles. The van der Waals surface area contributed by atoms with Gasteiger partial charge in [-0.25, -0.2) is 4.98 Å². The van der Waals surface area contributed by atoms with Gasteiger partial charge in [0, 0.05) is 24.3 Å². The standard InChI is InChI=1S/C14H19ClN2O/c1-3-6-17(9-11-4-5-11)14(18)12-7-10(2)16-13(15)8-12/h7-8,11H,3-6,9H2,1-2H3. The second kappa shape index (κ2) is 5.70. The zero-order valence-electron chi connectivity index (χ0n) is 10.9. The highest BCUT2D eigenvalue weighted by molar-refractivity contribution is 6.29. The fourth-order valence-electron chi connectivity index (χ4n) is 2.09. The number of halogens is 1. The maximum Gasteiger partial charge on any atom is 0.254 e. The van der Waals surface area contributed by atoms with Gasteiger partial charge in [0.25, 0.3) is 5.91 Å². The molecule has 1 saturated carbocycles. The Bertz CT molecular complexity index is 423. The fourth-order valence-corrected chi connectivity index (χ4v) is 2.34. The number of rotatable bonds is 5. The summed E-state index contributed by atoms with van der Waals surface area (Å²) in [5.74, 6) is 0.787. The largest absolute Gasteiger partial charge is 0.338 e. The zero-order chi connectivity index (χ0) is 13.1. The van der Waals surface area contributed by atoms with E-state index in [2.05, 4.69) is 11.9 Å². The molecule has 1 aromatic heterocycles. The van der Waals surface area contributed by atoms with Crippen molar-refractivity contribution in [3.63, 3.8) is 0 Å². The lowest BCUT2D eigenvalue weighted by molar-refractivity contribution is 0.0747. The van der Waals surface area contributed by atoms with E-state index in [1.54, 1.807) is 6.07 Å². The highest BCUT2D eigenvalue weighted by atomic mass is 35.5. The maximum atomic E-state index is 12.4. The van der Waals surface area contributed by atoms with Crippen molar-refractivity contribution in [1.82, 2.24) is 9.88 Å². The molecule has 0 N–H and O–H groups in total. The minimum absolute atomic E-state index is 0.0798. The molecule has 4 heteroatoms. The lowest BCUT2D eigenvalue weighted by atomic mass is 10.2. The third-order valence-corrected chi connectivity index (χ3v) is 3.32. The number of aromatic nitrogens is 1. The van der Waals surface area contributed by atoms with E-state index < -0.39 is 0 Å². The van der Waals surface area contributed by atoms with E-state index >= 15 is 0 Å². The van der Waals surface area contributed by atoms with Crippen molar-refractivity contribution in [2.75, 3.05) is 13.1 Å². The highest BCUT2D eigenvalue weighted by Crippen LogP contribution is 2.30. The lowest BCUT2D eigenvalue weighted by Gasteiger charge is -2.22. The van der Waals surface area contributed by atoms with Crippen LogP contribution in [0, 0.1) is 12.8 Å². The maximum absolute atomic E-state index is 12.4. The number of carbonyl (C=O) groups is 1. The van der Waals surface area contributed by atoms with Crippen LogP contribution in [0.25, 0.3) is 0 Å². The van der Waals surface area contributed by atoms with Gasteiger partial charge in [0.15, 0.2) is 0 Å². The fraction of sp³-hybridized carbons (Fsp3) is 0.571. The molecule has 1 aliphatic carbocycles. The van der Waals surface area contributed by atoms with E-state index in [1.807, 2.05) is 17.9 Å². The van der Waals surface area contributed by atoms with E-state index in [-0.39, 0.29) is 5.91 Å². The van der Waals surface area contributed by atoms with Crippen LogP contribution in [0.4, 0.5) is 0 Å². The topological polar surface area (TPSA) is 33.2 Å². The normalized spacial score (nSPS) is 14.6. The van der Waals surface area contributed by atoms with Crippen LogP contribution in [0.1, 0.15) is 42.2 Å². The molecule has 0 unspecified atom stereocenters. The SMILES string of the molecule is CCCN(CC1CC1)C(=O)c1cc(C)nc(Cl)c1. The molecule has 3 nitrogen and oxygen atoms in total. The average molecular weight is 267 g/mol. The Morgan fingerprint density at radius 1 is 1.50 bits per heavy atom. The van der Waals surface area contributed by atoms with E-state index in [0.29, 0.717) is 16.6 Å². The molecule has 1 fully saturated rings. The number of hydrogen-bond donors (Lipinski definition) is 0. The molecule has 0 atom stereocenters. The van der Waals surface area contributed by atoms with Crippen LogP contribution in [-0.2, 0) is 0 Å². The van der Waals surface area contributed by atoms with Crippen molar-refractivity contribution in [2.24, 2.45) is 5.92 Å². The first-order valence-electron chi connectivity index (χ1n) is 6.53. The Balaban J connectivity index is 2.14. The number of nitrogens with zero attached hydrogens (tertiary/aromatic N) is 2. The van der Waals surface area contributed by atoms with Crippen LogP contribution in [0.2, 0.25) is 5.15 Å². The summed E-state index contributed by atoms with van der Waals surface area (Å²) in [4.78, 5) is 18.5. The van der Waals surface area contributed by atoms with Crippen LogP contribution in [0.3, 0.4) is 0 Å². The second-order valence-electron chi connectivity index (χ2n) is 5.01. The molecule has 2 rings (SSSR count). The predicted molar refractivity (Wildman–Crippen MR) is 72.9 cm³/mol. The Morgan fingerprint density at radius 3 is 2.78 bits per heavy atom.